The minimum Gasteiger partial charge on any atom is -0.369 e. The molecule has 2 N–H and O–H groups in total. The number of rotatable bonds is 7. The van der Waals surface area contributed by atoms with Gasteiger partial charge >= 0.3 is 0 Å². The van der Waals surface area contributed by atoms with Crippen LogP contribution in [0.5, 0.6) is 0 Å². The fourth-order valence-corrected chi connectivity index (χ4v) is 5.03. The largest absolute Gasteiger partial charge is 0.369 e. The second kappa shape index (κ2) is 8.84. The van der Waals surface area contributed by atoms with E-state index >= 15 is 0 Å². The normalized spacial score (nSPS) is 23.7. The highest BCUT2D eigenvalue weighted by molar-refractivity contribution is 5.92. The van der Waals surface area contributed by atoms with Gasteiger partial charge in [0.2, 0.25) is 11.8 Å². The van der Waals surface area contributed by atoms with Gasteiger partial charge in [-0.2, -0.15) is 0 Å². The Morgan fingerprint density at radius 1 is 1.00 bits per heavy atom. The summed E-state index contributed by atoms with van der Waals surface area (Å²) in [5.74, 6) is 0.148. The summed E-state index contributed by atoms with van der Waals surface area (Å²) in [5, 5.41) is 0. The molecule has 5 heteroatoms. The molecule has 2 heterocycles. The van der Waals surface area contributed by atoms with Gasteiger partial charge in [0.1, 0.15) is 0 Å². The maximum absolute atomic E-state index is 12.9. The van der Waals surface area contributed by atoms with Gasteiger partial charge in [0.25, 0.3) is 0 Å². The van der Waals surface area contributed by atoms with Crippen LogP contribution in [0.4, 0.5) is 0 Å². The van der Waals surface area contributed by atoms with Crippen molar-refractivity contribution in [1.82, 2.24) is 9.80 Å². The zero-order valence-corrected chi connectivity index (χ0v) is 17.2. The molecule has 5 nitrogen and oxygen atoms in total. The topological polar surface area (TPSA) is 66.6 Å². The van der Waals surface area contributed by atoms with Crippen LogP contribution in [0, 0.1) is 11.3 Å². The van der Waals surface area contributed by atoms with Crippen LogP contribution in [0.25, 0.3) is 6.08 Å². The summed E-state index contributed by atoms with van der Waals surface area (Å²) in [7, 11) is 0. The van der Waals surface area contributed by atoms with E-state index in [0.29, 0.717) is 12.5 Å². The Balaban J connectivity index is 1.46. The third kappa shape index (κ3) is 4.62. The lowest BCUT2D eigenvalue weighted by atomic mass is 9.76. The predicted octanol–water partition coefficient (Wildman–Crippen LogP) is 2.58. The van der Waals surface area contributed by atoms with Gasteiger partial charge in [-0.15, -0.1) is 0 Å². The van der Waals surface area contributed by atoms with Crippen LogP contribution in [-0.2, 0) is 16.0 Å². The molecule has 2 fully saturated rings. The molecule has 4 rings (SSSR count). The second-order valence-corrected chi connectivity index (χ2v) is 8.64. The Hall–Kier alpha value is -2.92. The maximum atomic E-state index is 12.9. The minimum atomic E-state index is -0.285. The number of carbonyl (C=O) groups excluding carboxylic acids is 2. The van der Waals surface area contributed by atoms with Crippen molar-refractivity contribution >= 4 is 17.9 Å². The van der Waals surface area contributed by atoms with E-state index in [9.17, 15) is 9.59 Å². The molecular formula is C25H29N3O2. The number of likely N-dealkylation sites (tertiary alicyclic amines) is 2. The summed E-state index contributed by atoms with van der Waals surface area (Å²) in [5.41, 5.74) is 7.80. The van der Waals surface area contributed by atoms with Crippen LogP contribution in [0.15, 0.2) is 66.7 Å². The monoisotopic (exact) mass is 403 g/mol. The van der Waals surface area contributed by atoms with Gasteiger partial charge in [0.05, 0.1) is 6.54 Å². The van der Waals surface area contributed by atoms with E-state index in [1.54, 1.807) is 6.08 Å². The molecule has 0 radical (unpaired) electrons. The van der Waals surface area contributed by atoms with Crippen molar-refractivity contribution in [3.8, 4) is 0 Å². The smallest absolute Gasteiger partial charge is 0.246 e. The molecule has 2 aliphatic heterocycles. The number of nitrogens with zero attached hydrogens (tertiary/aromatic N) is 2. The van der Waals surface area contributed by atoms with Crippen molar-refractivity contribution in [2.24, 2.45) is 17.1 Å². The minimum absolute atomic E-state index is 0.0154. The lowest BCUT2D eigenvalue weighted by molar-refractivity contribution is -0.126. The highest BCUT2D eigenvalue weighted by atomic mass is 16.2. The summed E-state index contributed by atoms with van der Waals surface area (Å²) in [4.78, 5) is 28.5. The van der Waals surface area contributed by atoms with E-state index in [4.69, 9.17) is 5.73 Å². The van der Waals surface area contributed by atoms with Gasteiger partial charge in [-0.05, 0) is 36.0 Å². The molecule has 0 unspecified atom stereocenters. The van der Waals surface area contributed by atoms with Gasteiger partial charge < -0.3 is 10.6 Å². The zero-order valence-electron chi connectivity index (χ0n) is 17.2. The van der Waals surface area contributed by atoms with E-state index in [2.05, 4.69) is 29.2 Å². The predicted molar refractivity (Wildman–Crippen MR) is 118 cm³/mol. The molecule has 0 spiro atoms. The number of hydrogen-bond acceptors (Lipinski definition) is 3. The molecular weight excluding hydrogens is 374 g/mol. The van der Waals surface area contributed by atoms with Crippen molar-refractivity contribution < 1.29 is 9.59 Å². The van der Waals surface area contributed by atoms with Gasteiger partial charge in [-0.3, -0.25) is 14.5 Å². The van der Waals surface area contributed by atoms with Crippen LogP contribution in [0.3, 0.4) is 0 Å². The highest BCUT2D eigenvalue weighted by Crippen LogP contribution is 2.45. The lowest BCUT2D eigenvalue weighted by Crippen LogP contribution is -2.39. The summed E-state index contributed by atoms with van der Waals surface area (Å²) >= 11 is 0. The molecule has 2 atom stereocenters. The molecule has 30 heavy (non-hydrogen) atoms. The summed E-state index contributed by atoms with van der Waals surface area (Å²) in [6, 6.07) is 20.4. The Labute approximate surface area is 178 Å². The molecule has 2 amide bonds. The zero-order chi connectivity index (χ0) is 21.0. The summed E-state index contributed by atoms with van der Waals surface area (Å²) in [6.07, 6.45) is 5.54. The first-order valence-corrected chi connectivity index (χ1v) is 10.6. The van der Waals surface area contributed by atoms with Gasteiger partial charge in [-0.1, -0.05) is 60.7 Å². The molecule has 2 aromatic rings. The summed E-state index contributed by atoms with van der Waals surface area (Å²) in [6.45, 7) is 3.41. The third-order valence-electron chi connectivity index (χ3n) is 6.49. The molecule has 156 valence electrons. The Morgan fingerprint density at radius 2 is 1.70 bits per heavy atom. The van der Waals surface area contributed by atoms with Crippen LogP contribution in [0.1, 0.15) is 17.5 Å². The van der Waals surface area contributed by atoms with Gasteiger partial charge in [-0.25, -0.2) is 0 Å². The number of benzene rings is 2. The molecule has 2 aromatic carbocycles. The molecule has 0 bridgehead atoms. The van der Waals surface area contributed by atoms with Gasteiger partial charge in [0.15, 0.2) is 0 Å². The molecule has 0 aliphatic carbocycles. The van der Waals surface area contributed by atoms with E-state index in [1.807, 2.05) is 47.4 Å². The average Bonchev–Trinajstić information content (AvgIpc) is 3.25. The van der Waals surface area contributed by atoms with Crippen molar-refractivity contribution in [2.45, 2.75) is 12.8 Å². The van der Waals surface area contributed by atoms with E-state index < -0.39 is 0 Å². The molecule has 2 aliphatic rings. The molecule has 2 saturated heterocycles. The fraction of sp³-hybridized carbons (Fsp3) is 0.360. The second-order valence-electron chi connectivity index (χ2n) is 8.64. The quantitative estimate of drug-likeness (QED) is 0.723. The summed E-state index contributed by atoms with van der Waals surface area (Å²) < 4.78 is 0. The van der Waals surface area contributed by atoms with Crippen LogP contribution < -0.4 is 5.73 Å². The van der Waals surface area contributed by atoms with Crippen molar-refractivity contribution in [3.63, 3.8) is 0 Å². The fourth-order valence-electron chi connectivity index (χ4n) is 5.03. The molecule has 0 saturated carbocycles. The first-order chi connectivity index (χ1) is 14.5. The van der Waals surface area contributed by atoms with Crippen LogP contribution in [-0.4, -0.2) is 54.3 Å². The Kier molecular flexibility index (Phi) is 6.00. The van der Waals surface area contributed by atoms with Crippen molar-refractivity contribution in [1.29, 1.82) is 0 Å². The number of carbonyl (C=O) groups is 2. The maximum Gasteiger partial charge on any atom is 0.246 e. The highest BCUT2D eigenvalue weighted by Gasteiger charge is 2.52. The van der Waals surface area contributed by atoms with E-state index in [0.717, 1.165) is 44.6 Å². The number of primary amides is 1. The van der Waals surface area contributed by atoms with Crippen LogP contribution in [0.2, 0.25) is 0 Å². The number of hydrogen-bond donors (Lipinski definition) is 1. The Morgan fingerprint density at radius 3 is 2.40 bits per heavy atom. The number of amides is 2. The first kappa shape index (κ1) is 20.4. The third-order valence-corrected chi connectivity index (χ3v) is 6.49. The SMILES string of the molecule is NC(=O)CN1C[C@H]2CN(C(=O)/C=C/c3ccccc3)C[C@@]2(CCc2ccccc2)C1. The van der Waals surface area contributed by atoms with Crippen molar-refractivity contribution in [3.05, 3.63) is 77.9 Å². The van der Waals surface area contributed by atoms with Crippen molar-refractivity contribution in [2.75, 3.05) is 32.7 Å². The lowest BCUT2D eigenvalue weighted by Gasteiger charge is -2.29. The average molecular weight is 404 g/mol. The molecule has 0 aromatic heterocycles. The first-order valence-electron chi connectivity index (χ1n) is 10.6. The number of fused-ring (bicyclic) bond motifs is 1. The Bertz CT molecular complexity index is 913. The number of nitrogens with two attached hydrogens (primary N) is 1. The number of aryl methyl sites for hydroxylation is 1. The van der Waals surface area contributed by atoms with E-state index in [-0.39, 0.29) is 17.2 Å². The van der Waals surface area contributed by atoms with Crippen LogP contribution >= 0.6 is 0 Å². The van der Waals surface area contributed by atoms with E-state index in [1.165, 1.54) is 5.56 Å². The standard InChI is InChI=1S/C25H29N3O2/c26-23(29)17-27-15-22-16-28(24(30)12-11-20-7-3-1-4-8-20)19-25(22,18-27)14-13-21-9-5-2-6-10-21/h1-12,22H,13-19H2,(H2,26,29)/b12-11+/t22-,25+/m0/s1. The van der Waals surface area contributed by atoms with Gasteiger partial charge in [0, 0.05) is 37.7 Å².